The molecule has 0 aliphatic carbocycles. The molecule has 1 heterocycles. The predicted molar refractivity (Wildman–Crippen MR) is 87.3 cm³/mol. The Hall–Kier alpha value is -2.66. The van der Waals surface area contributed by atoms with E-state index in [2.05, 4.69) is 10.3 Å². The normalized spacial score (nSPS) is 10.5. The number of rotatable bonds is 4. The van der Waals surface area contributed by atoms with Crippen molar-refractivity contribution in [2.45, 2.75) is 0 Å². The van der Waals surface area contributed by atoms with Crippen molar-refractivity contribution in [1.29, 1.82) is 0 Å². The molecule has 0 radical (unpaired) electrons. The number of nitrogens with zero attached hydrogens (tertiary/aromatic N) is 1. The molecule has 0 fully saturated rings. The SMILES string of the molecule is O=C(COc1ccc2ncccc2c1)Nc1ccc(F)c(Cl)c1. The first-order valence-electron chi connectivity index (χ1n) is 6.84. The largest absolute Gasteiger partial charge is 0.484 e. The molecule has 0 unspecified atom stereocenters. The number of hydrogen-bond donors (Lipinski definition) is 1. The lowest BCUT2D eigenvalue weighted by atomic mass is 10.2. The summed E-state index contributed by atoms with van der Waals surface area (Å²) in [6.07, 6.45) is 1.71. The van der Waals surface area contributed by atoms with E-state index in [1.54, 1.807) is 12.3 Å². The highest BCUT2D eigenvalue weighted by Gasteiger charge is 2.07. The van der Waals surface area contributed by atoms with E-state index in [1.165, 1.54) is 18.2 Å². The Morgan fingerprint density at radius 3 is 2.91 bits per heavy atom. The average Bonchev–Trinajstić information content (AvgIpc) is 2.56. The number of ether oxygens (including phenoxy) is 1. The van der Waals surface area contributed by atoms with E-state index in [4.69, 9.17) is 16.3 Å². The number of carbonyl (C=O) groups is 1. The lowest BCUT2D eigenvalue weighted by Gasteiger charge is -2.08. The minimum Gasteiger partial charge on any atom is -0.484 e. The van der Waals surface area contributed by atoms with Gasteiger partial charge in [0.15, 0.2) is 6.61 Å². The first kappa shape index (κ1) is 15.2. The van der Waals surface area contributed by atoms with Crippen molar-refractivity contribution >= 4 is 34.1 Å². The van der Waals surface area contributed by atoms with Gasteiger partial charge >= 0.3 is 0 Å². The Morgan fingerprint density at radius 2 is 2.09 bits per heavy atom. The molecule has 0 bridgehead atoms. The fraction of sp³-hybridized carbons (Fsp3) is 0.0588. The van der Waals surface area contributed by atoms with Gasteiger partial charge in [0, 0.05) is 17.3 Å². The summed E-state index contributed by atoms with van der Waals surface area (Å²) < 4.78 is 18.5. The van der Waals surface area contributed by atoms with Gasteiger partial charge in [0.2, 0.25) is 0 Å². The molecular formula is C17H12ClFN2O2. The first-order chi connectivity index (χ1) is 11.1. The average molecular weight is 331 g/mol. The zero-order chi connectivity index (χ0) is 16.2. The van der Waals surface area contributed by atoms with E-state index in [1.807, 2.05) is 24.3 Å². The second kappa shape index (κ2) is 6.62. The topological polar surface area (TPSA) is 51.2 Å². The number of amides is 1. The van der Waals surface area contributed by atoms with Crippen LogP contribution in [-0.4, -0.2) is 17.5 Å². The van der Waals surface area contributed by atoms with E-state index in [9.17, 15) is 9.18 Å². The van der Waals surface area contributed by atoms with Crippen molar-refractivity contribution < 1.29 is 13.9 Å². The summed E-state index contributed by atoms with van der Waals surface area (Å²) in [7, 11) is 0. The van der Waals surface area contributed by atoms with Crippen LogP contribution >= 0.6 is 11.6 Å². The van der Waals surface area contributed by atoms with Gasteiger partial charge < -0.3 is 10.1 Å². The number of carbonyl (C=O) groups excluding carboxylic acids is 1. The third-order valence-corrected chi connectivity index (χ3v) is 3.44. The third-order valence-electron chi connectivity index (χ3n) is 3.15. The number of benzene rings is 2. The van der Waals surface area contributed by atoms with Crippen LogP contribution in [0.5, 0.6) is 5.75 Å². The Bertz CT molecular complexity index is 870. The maximum atomic E-state index is 13.1. The highest BCUT2D eigenvalue weighted by molar-refractivity contribution is 6.31. The smallest absolute Gasteiger partial charge is 0.262 e. The van der Waals surface area contributed by atoms with E-state index < -0.39 is 5.82 Å². The van der Waals surface area contributed by atoms with Crippen LogP contribution < -0.4 is 10.1 Å². The van der Waals surface area contributed by atoms with Gasteiger partial charge in [-0.25, -0.2) is 4.39 Å². The molecule has 0 atom stereocenters. The molecule has 4 nitrogen and oxygen atoms in total. The van der Waals surface area contributed by atoms with Gasteiger partial charge in [0.25, 0.3) is 5.91 Å². The zero-order valence-corrected chi connectivity index (χ0v) is 12.7. The molecule has 0 aliphatic rings. The number of hydrogen-bond acceptors (Lipinski definition) is 3. The molecule has 0 aliphatic heterocycles. The number of anilines is 1. The summed E-state index contributed by atoms with van der Waals surface area (Å²) in [6, 6.07) is 13.1. The van der Waals surface area contributed by atoms with E-state index in [0.29, 0.717) is 11.4 Å². The molecule has 116 valence electrons. The summed E-state index contributed by atoms with van der Waals surface area (Å²) in [5, 5.41) is 3.47. The zero-order valence-electron chi connectivity index (χ0n) is 11.9. The standard InChI is InChI=1S/C17H12ClFN2O2/c18-14-9-12(3-5-15(14)19)21-17(22)10-23-13-4-6-16-11(8-13)2-1-7-20-16/h1-9H,10H2,(H,21,22). The van der Waals surface area contributed by atoms with E-state index in [0.717, 1.165) is 10.9 Å². The molecule has 1 amide bonds. The molecule has 0 saturated heterocycles. The van der Waals surface area contributed by atoms with Crippen molar-refractivity contribution in [3.8, 4) is 5.75 Å². The van der Waals surface area contributed by atoms with Crippen LogP contribution in [0.3, 0.4) is 0 Å². The van der Waals surface area contributed by atoms with Gasteiger partial charge in [0.1, 0.15) is 11.6 Å². The summed E-state index contributed by atoms with van der Waals surface area (Å²) in [5.41, 5.74) is 1.26. The van der Waals surface area contributed by atoms with Gasteiger partial charge in [0.05, 0.1) is 10.5 Å². The molecule has 1 aromatic heterocycles. The summed E-state index contributed by atoms with van der Waals surface area (Å²) >= 11 is 5.66. The van der Waals surface area contributed by atoms with Gasteiger partial charge in [-0.15, -0.1) is 0 Å². The number of pyridine rings is 1. The van der Waals surface area contributed by atoms with Gasteiger partial charge in [-0.1, -0.05) is 17.7 Å². The highest BCUT2D eigenvalue weighted by Crippen LogP contribution is 2.20. The number of aromatic nitrogens is 1. The Balaban J connectivity index is 1.62. The quantitative estimate of drug-likeness (QED) is 0.785. The fourth-order valence-electron chi connectivity index (χ4n) is 2.06. The van der Waals surface area contributed by atoms with Gasteiger partial charge in [-0.3, -0.25) is 9.78 Å². The molecular weight excluding hydrogens is 319 g/mol. The highest BCUT2D eigenvalue weighted by atomic mass is 35.5. The minimum atomic E-state index is -0.536. The number of halogens is 2. The monoisotopic (exact) mass is 330 g/mol. The van der Waals surface area contributed by atoms with Crippen LogP contribution in [0.2, 0.25) is 5.02 Å². The molecule has 0 spiro atoms. The molecule has 0 saturated carbocycles. The van der Waals surface area contributed by atoms with Crippen LogP contribution in [-0.2, 0) is 4.79 Å². The third kappa shape index (κ3) is 3.76. The summed E-state index contributed by atoms with van der Waals surface area (Å²) in [5.74, 6) is -0.331. The van der Waals surface area contributed by atoms with Crippen LogP contribution in [0.1, 0.15) is 0 Å². The summed E-state index contributed by atoms with van der Waals surface area (Å²) in [6.45, 7) is -0.166. The Labute approximate surface area is 136 Å². The molecule has 1 N–H and O–H groups in total. The van der Waals surface area contributed by atoms with Crippen molar-refractivity contribution in [2.75, 3.05) is 11.9 Å². The number of nitrogens with one attached hydrogen (secondary N) is 1. The summed E-state index contributed by atoms with van der Waals surface area (Å²) in [4.78, 5) is 16.1. The van der Waals surface area contributed by atoms with Crippen LogP contribution in [0.25, 0.3) is 10.9 Å². The lowest BCUT2D eigenvalue weighted by molar-refractivity contribution is -0.118. The molecule has 2 aromatic carbocycles. The lowest BCUT2D eigenvalue weighted by Crippen LogP contribution is -2.20. The van der Waals surface area contributed by atoms with Crippen LogP contribution in [0.4, 0.5) is 10.1 Å². The maximum Gasteiger partial charge on any atom is 0.262 e. The predicted octanol–water partition coefficient (Wildman–Crippen LogP) is 4.04. The van der Waals surface area contributed by atoms with E-state index >= 15 is 0 Å². The van der Waals surface area contributed by atoms with Crippen molar-refractivity contribution in [1.82, 2.24) is 4.98 Å². The van der Waals surface area contributed by atoms with Crippen molar-refractivity contribution in [2.24, 2.45) is 0 Å². The number of fused-ring (bicyclic) bond motifs is 1. The molecule has 6 heteroatoms. The Kier molecular flexibility index (Phi) is 4.39. The first-order valence-corrected chi connectivity index (χ1v) is 7.22. The second-order valence-electron chi connectivity index (χ2n) is 4.82. The minimum absolute atomic E-state index is 0.0502. The second-order valence-corrected chi connectivity index (χ2v) is 5.23. The van der Waals surface area contributed by atoms with Gasteiger partial charge in [-0.05, 0) is 42.5 Å². The van der Waals surface area contributed by atoms with Crippen molar-refractivity contribution in [3.05, 3.63) is 65.6 Å². The Morgan fingerprint density at radius 1 is 1.22 bits per heavy atom. The van der Waals surface area contributed by atoms with Crippen molar-refractivity contribution in [3.63, 3.8) is 0 Å². The molecule has 3 rings (SSSR count). The molecule has 23 heavy (non-hydrogen) atoms. The van der Waals surface area contributed by atoms with Gasteiger partial charge in [-0.2, -0.15) is 0 Å². The molecule has 3 aromatic rings. The van der Waals surface area contributed by atoms with Crippen LogP contribution in [0.15, 0.2) is 54.7 Å². The van der Waals surface area contributed by atoms with Crippen LogP contribution in [0, 0.1) is 5.82 Å². The maximum absolute atomic E-state index is 13.1. The van der Waals surface area contributed by atoms with E-state index in [-0.39, 0.29) is 17.5 Å². The fourth-order valence-corrected chi connectivity index (χ4v) is 2.24.